The van der Waals surface area contributed by atoms with Crippen LogP contribution in [-0.4, -0.2) is 0 Å². The lowest BCUT2D eigenvalue weighted by molar-refractivity contribution is 0.495. The minimum atomic E-state index is -3.25. The first-order chi connectivity index (χ1) is 22.5. The summed E-state index contributed by atoms with van der Waals surface area (Å²) in [6.45, 7) is 0. The quantitative estimate of drug-likeness (QED) is 0.180. The average molecular weight is 637 g/mol. The summed E-state index contributed by atoms with van der Waals surface area (Å²) in [5, 5.41) is 1.52. The molecule has 0 saturated heterocycles. The van der Waals surface area contributed by atoms with Crippen LogP contribution in [0.4, 0.5) is 0 Å². The molecule has 1 aliphatic carbocycles. The van der Waals surface area contributed by atoms with Gasteiger partial charge in [-0.1, -0.05) is 115 Å². The van der Waals surface area contributed by atoms with Gasteiger partial charge in [0.25, 0.3) is 14.7 Å². The second kappa shape index (κ2) is 11.5. The van der Waals surface area contributed by atoms with Gasteiger partial charge in [0, 0.05) is 22.8 Å². The Morgan fingerprint density at radius 1 is 0.500 bits per heavy atom. The molecule has 224 valence electrons. The van der Waals surface area contributed by atoms with Crippen LogP contribution < -0.4 is 14.4 Å². The van der Waals surface area contributed by atoms with Crippen molar-refractivity contribution in [2.75, 3.05) is 0 Å². The SMILES string of the molecule is O=P1(/C=C/c2ccc(-c3ccc(/C=C/P4(=O)Oc5ccccc5-c5ccccc54)cc3)cc2)Oc2ccccc2C2=CCCC=C21. The summed E-state index contributed by atoms with van der Waals surface area (Å²) in [5.74, 6) is 4.75. The molecule has 2 unspecified atom stereocenters. The molecular weight excluding hydrogens is 606 g/mol. The minimum absolute atomic E-state index is 0.638. The molecule has 0 radical (unpaired) electrons. The first kappa shape index (κ1) is 28.6. The topological polar surface area (TPSA) is 52.6 Å². The van der Waals surface area contributed by atoms with Gasteiger partial charge in [0.15, 0.2) is 0 Å². The molecule has 4 nitrogen and oxygen atoms in total. The summed E-state index contributed by atoms with van der Waals surface area (Å²) in [7, 11) is -6.44. The molecule has 0 spiro atoms. The fourth-order valence-electron chi connectivity index (χ4n) is 6.27. The van der Waals surface area contributed by atoms with Crippen LogP contribution in [0.1, 0.15) is 29.5 Å². The Bertz CT molecular complexity index is 2210. The van der Waals surface area contributed by atoms with E-state index in [0.29, 0.717) is 16.8 Å². The van der Waals surface area contributed by atoms with Crippen molar-refractivity contribution in [2.24, 2.45) is 0 Å². The van der Waals surface area contributed by atoms with Gasteiger partial charge in [-0.3, -0.25) is 9.13 Å². The van der Waals surface area contributed by atoms with Crippen molar-refractivity contribution in [3.8, 4) is 33.8 Å². The van der Waals surface area contributed by atoms with E-state index in [0.717, 1.165) is 62.7 Å². The maximum atomic E-state index is 14.1. The third-order valence-electron chi connectivity index (χ3n) is 8.61. The highest BCUT2D eigenvalue weighted by Crippen LogP contribution is 2.66. The number of rotatable bonds is 5. The van der Waals surface area contributed by atoms with Crippen molar-refractivity contribution in [1.82, 2.24) is 0 Å². The predicted molar refractivity (Wildman–Crippen MR) is 190 cm³/mol. The zero-order valence-corrected chi connectivity index (χ0v) is 26.7. The van der Waals surface area contributed by atoms with Gasteiger partial charge in [-0.15, -0.1) is 0 Å². The van der Waals surface area contributed by atoms with Crippen LogP contribution in [0.2, 0.25) is 0 Å². The van der Waals surface area contributed by atoms with Crippen LogP contribution in [-0.2, 0) is 9.13 Å². The van der Waals surface area contributed by atoms with Gasteiger partial charge in [-0.2, -0.15) is 0 Å². The maximum Gasteiger partial charge on any atom is 0.300 e. The van der Waals surface area contributed by atoms with E-state index in [1.165, 1.54) is 0 Å². The fraction of sp³-hybridized carbons (Fsp3) is 0.0500. The van der Waals surface area contributed by atoms with E-state index >= 15 is 0 Å². The van der Waals surface area contributed by atoms with E-state index in [9.17, 15) is 9.13 Å². The highest BCUT2D eigenvalue weighted by atomic mass is 31.2. The summed E-state index contributed by atoms with van der Waals surface area (Å²) in [4.78, 5) is 0. The Morgan fingerprint density at radius 2 is 1.00 bits per heavy atom. The molecular formula is C40H30O4P2. The zero-order valence-electron chi connectivity index (χ0n) is 25.0. The van der Waals surface area contributed by atoms with Crippen LogP contribution in [0, 0.1) is 0 Å². The molecule has 0 aromatic heterocycles. The molecule has 0 amide bonds. The van der Waals surface area contributed by atoms with Gasteiger partial charge in [0.2, 0.25) is 0 Å². The van der Waals surface area contributed by atoms with E-state index < -0.39 is 14.7 Å². The summed E-state index contributed by atoms with van der Waals surface area (Å²) in [6, 6.07) is 39.6. The van der Waals surface area contributed by atoms with Gasteiger partial charge >= 0.3 is 0 Å². The van der Waals surface area contributed by atoms with Crippen LogP contribution in [0.15, 0.2) is 150 Å². The molecule has 0 N–H and O–H groups in total. The largest absolute Gasteiger partial charge is 0.437 e. The highest BCUT2D eigenvalue weighted by molar-refractivity contribution is 7.71. The van der Waals surface area contributed by atoms with Gasteiger partial charge in [-0.25, -0.2) is 0 Å². The molecule has 5 aromatic carbocycles. The number of para-hydroxylation sites is 2. The second-order valence-electron chi connectivity index (χ2n) is 11.5. The molecule has 2 atom stereocenters. The molecule has 8 rings (SSSR count). The molecule has 46 heavy (non-hydrogen) atoms. The van der Waals surface area contributed by atoms with E-state index in [2.05, 4.69) is 36.4 Å². The van der Waals surface area contributed by atoms with E-state index in [-0.39, 0.29) is 0 Å². The van der Waals surface area contributed by atoms with Crippen LogP contribution in [0.25, 0.3) is 40.0 Å². The van der Waals surface area contributed by atoms with Crippen molar-refractivity contribution in [3.05, 3.63) is 167 Å². The lowest BCUT2D eigenvalue weighted by Crippen LogP contribution is -2.16. The monoisotopic (exact) mass is 636 g/mol. The van der Waals surface area contributed by atoms with E-state index in [1.807, 2.05) is 109 Å². The smallest absolute Gasteiger partial charge is 0.300 e. The summed E-state index contributed by atoms with van der Waals surface area (Å²) < 4.78 is 40.4. The van der Waals surface area contributed by atoms with Gasteiger partial charge in [0.05, 0.1) is 10.6 Å². The molecule has 2 aliphatic heterocycles. The maximum absolute atomic E-state index is 14.1. The normalized spacial score (nSPS) is 21.2. The minimum Gasteiger partial charge on any atom is -0.437 e. The molecule has 2 heterocycles. The van der Waals surface area contributed by atoms with Crippen LogP contribution >= 0.6 is 14.7 Å². The van der Waals surface area contributed by atoms with Crippen molar-refractivity contribution in [2.45, 2.75) is 12.8 Å². The Balaban J connectivity index is 0.995. The van der Waals surface area contributed by atoms with Crippen molar-refractivity contribution in [3.63, 3.8) is 0 Å². The van der Waals surface area contributed by atoms with Crippen molar-refractivity contribution >= 4 is 37.8 Å². The molecule has 6 heteroatoms. The number of fused-ring (bicyclic) bond motifs is 6. The number of benzene rings is 5. The third-order valence-corrected chi connectivity index (χ3v) is 12.8. The Labute approximate surface area is 269 Å². The zero-order chi connectivity index (χ0) is 31.1. The Hall–Kier alpha value is -4.88. The van der Waals surface area contributed by atoms with Gasteiger partial charge in [-0.05, 0) is 76.6 Å². The van der Waals surface area contributed by atoms with Gasteiger partial charge < -0.3 is 9.05 Å². The molecule has 5 aromatic rings. The van der Waals surface area contributed by atoms with Crippen molar-refractivity contribution < 1.29 is 18.2 Å². The second-order valence-corrected chi connectivity index (χ2v) is 15.9. The predicted octanol–water partition coefficient (Wildman–Crippen LogP) is 11.4. The molecule has 0 bridgehead atoms. The third kappa shape index (κ3) is 5.14. The Morgan fingerprint density at radius 3 is 1.67 bits per heavy atom. The Kier molecular flexibility index (Phi) is 7.14. The van der Waals surface area contributed by atoms with Crippen LogP contribution in [0.3, 0.4) is 0 Å². The lowest BCUT2D eigenvalue weighted by atomic mass is 9.98. The number of hydrogen-bond donors (Lipinski definition) is 0. The first-order valence-electron chi connectivity index (χ1n) is 15.4. The van der Waals surface area contributed by atoms with Gasteiger partial charge in [0.1, 0.15) is 11.5 Å². The highest BCUT2D eigenvalue weighted by Gasteiger charge is 2.37. The summed E-state index contributed by atoms with van der Waals surface area (Å²) >= 11 is 0. The van der Waals surface area contributed by atoms with Crippen LogP contribution in [0.5, 0.6) is 11.5 Å². The molecule has 0 fully saturated rings. The number of hydrogen-bond acceptors (Lipinski definition) is 4. The summed E-state index contributed by atoms with van der Waals surface area (Å²) in [6.07, 6.45) is 9.81. The standard InChI is InChI=1S/C40H30O4P2/c41-45(39-15-7-3-11-35(39)33-9-1-5-13-37(33)43-45)27-25-29-17-21-31(22-18-29)32-23-19-30(20-24-32)26-28-46(42)40-16-8-4-12-36(40)34-10-2-6-14-38(34)44-46/h1-3,5-7,9-28H,4,8H2/b27-25+,28-26+. The number of allylic oxidation sites excluding steroid dienone is 4. The average Bonchev–Trinajstić information content (AvgIpc) is 3.11. The molecule has 3 aliphatic rings. The molecule has 0 saturated carbocycles. The van der Waals surface area contributed by atoms with Crippen molar-refractivity contribution in [1.29, 1.82) is 0 Å². The van der Waals surface area contributed by atoms with E-state index in [1.54, 1.807) is 11.6 Å². The summed E-state index contributed by atoms with van der Waals surface area (Å²) in [5.41, 5.74) is 7.95. The fourth-order valence-corrected chi connectivity index (χ4v) is 10.3. The first-order valence-corrected chi connectivity index (χ1v) is 18.8. The lowest BCUT2D eigenvalue weighted by Gasteiger charge is -2.30. The van der Waals surface area contributed by atoms with E-state index in [4.69, 9.17) is 9.05 Å².